The van der Waals surface area contributed by atoms with Gasteiger partial charge >= 0.3 is 12.1 Å². The molecular weight excluding hydrogens is 389 g/mol. The predicted octanol–water partition coefficient (Wildman–Crippen LogP) is 2.74. The van der Waals surface area contributed by atoms with Crippen LogP contribution in [0, 0.1) is 6.92 Å². The largest absolute Gasteiger partial charge is 0.496 e. The van der Waals surface area contributed by atoms with Gasteiger partial charge in [-0.05, 0) is 37.1 Å². The van der Waals surface area contributed by atoms with E-state index in [0.29, 0.717) is 31.0 Å². The van der Waals surface area contributed by atoms with E-state index in [2.05, 4.69) is 0 Å². The molecule has 1 saturated heterocycles. The molecule has 1 aliphatic rings. The van der Waals surface area contributed by atoms with Crippen molar-refractivity contribution < 1.29 is 32.6 Å². The second kappa shape index (κ2) is 9.27. The zero-order valence-corrected chi connectivity index (χ0v) is 15.9. The number of ether oxygens (including phenoxy) is 1. The highest BCUT2D eigenvalue weighted by Gasteiger charge is 2.38. The number of alkyl halides is 3. The molecule has 1 amide bonds. The van der Waals surface area contributed by atoms with E-state index in [1.807, 2.05) is 20.0 Å². The van der Waals surface area contributed by atoms with Crippen molar-refractivity contribution in [3.8, 4) is 5.75 Å². The van der Waals surface area contributed by atoms with Crippen molar-refractivity contribution in [3.63, 3.8) is 0 Å². The molecule has 0 aromatic heterocycles. The topological polar surface area (TPSA) is 92.9 Å². The quantitative estimate of drug-likeness (QED) is 0.796. The SMILES string of the molecule is COc1c(CCN)cc(Cl)c(C)c1C1CC(=O)N(C)C1.O=C(O)C(F)(F)F. The van der Waals surface area contributed by atoms with Crippen LogP contribution in [0.2, 0.25) is 5.02 Å². The molecule has 1 aromatic rings. The van der Waals surface area contributed by atoms with Crippen LogP contribution in [0.25, 0.3) is 0 Å². The number of hydrogen-bond donors (Lipinski definition) is 2. The van der Waals surface area contributed by atoms with Gasteiger partial charge < -0.3 is 20.5 Å². The van der Waals surface area contributed by atoms with Crippen molar-refractivity contribution in [1.29, 1.82) is 0 Å². The Labute approximate surface area is 160 Å². The number of likely N-dealkylation sites (N-methyl/N-ethyl adjacent to an activating group) is 1. The minimum Gasteiger partial charge on any atom is -0.496 e. The number of benzene rings is 1. The molecule has 1 aromatic carbocycles. The van der Waals surface area contributed by atoms with Gasteiger partial charge in [0.2, 0.25) is 5.91 Å². The first-order valence-electron chi connectivity index (χ1n) is 8.04. The second-order valence-electron chi connectivity index (χ2n) is 6.11. The number of halogens is 4. The van der Waals surface area contributed by atoms with Crippen LogP contribution in [-0.2, 0) is 16.0 Å². The van der Waals surface area contributed by atoms with Crippen molar-refractivity contribution in [2.24, 2.45) is 5.73 Å². The fraction of sp³-hybridized carbons (Fsp3) is 0.529. The molecule has 0 spiro atoms. The lowest BCUT2D eigenvalue weighted by Crippen LogP contribution is -2.21. The maximum atomic E-state index is 11.8. The van der Waals surface area contributed by atoms with E-state index in [1.54, 1.807) is 12.0 Å². The van der Waals surface area contributed by atoms with E-state index in [1.165, 1.54) is 0 Å². The number of carboxylic acid groups (broad SMARTS) is 1. The van der Waals surface area contributed by atoms with Crippen molar-refractivity contribution in [1.82, 2.24) is 4.90 Å². The first-order valence-corrected chi connectivity index (χ1v) is 8.41. The predicted molar refractivity (Wildman–Crippen MR) is 94.2 cm³/mol. The van der Waals surface area contributed by atoms with E-state index < -0.39 is 12.1 Å². The van der Waals surface area contributed by atoms with Gasteiger partial charge in [0, 0.05) is 36.5 Å². The highest BCUT2D eigenvalue weighted by atomic mass is 35.5. The van der Waals surface area contributed by atoms with Crippen LogP contribution >= 0.6 is 11.6 Å². The zero-order chi connectivity index (χ0) is 20.9. The third-order valence-corrected chi connectivity index (χ3v) is 4.60. The molecule has 6 nitrogen and oxygen atoms in total. The number of likely N-dealkylation sites (tertiary alicyclic amines) is 1. The third-order valence-electron chi connectivity index (χ3n) is 4.21. The minimum atomic E-state index is -5.08. The van der Waals surface area contributed by atoms with Gasteiger partial charge in [-0.25, -0.2) is 4.79 Å². The Morgan fingerprint density at radius 3 is 2.41 bits per heavy atom. The summed E-state index contributed by atoms with van der Waals surface area (Å²) in [7, 11) is 3.49. The highest BCUT2D eigenvalue weighted by Crippen LogP contribution is 2.41. The van der Waals surface area contributed by atoms with E-state index in [-0.39, 0.29) is 11.8 Å². The molecule has 0 bridgehead atoms. The molecule has 3 N–H and O–H groups in total. The smallest absolute Gasteiger partial charge is 0.490 e. The highest BCUT2D eigenvalue weighted by molar-refractivity contribution is 6.31. The number of rotatable bonds is 4. The van der Waals surface area contributed by atoms with Crippen LogP contribution in [0.15, 0.2) is 6.07 Å². The van der Waals surface area contributed by atoms with Crippen molar-refractivity contribution in [3.05, 3.63) is 27.8 Å². The summed E-state index contributed by atoms with van der Waals surface area (Å²) in [6.45, 7) is 3.23. The lowest BCUT2D eigenvalue weighted by atomic mass is 9.90. The first-order chi connectivity index (χ1) is 12.4. The maximum Gasteiger partial charge on any atom is 0.490 e. The number of amides is 1. The standard InChI is InChI=1S/C15H21ClN2O2.C2HF3O2/c1-9-12(16)6-10(4-5-17)15(20-3)14(9)11-7-13(19)18(2)8-11;3-2(4,5)1(6)7/h6,11H,4-5,7-8,17H2,1-3H3;(H,6,7). The lowest BCUT2D eigenvalue weighted by Gasteiger charge is -2.21. The summed E-state index contributed by atoms with van der Waals surface area (Å²) >= 11 is 6.34. The maximum absolute atomic E-state index is 11.8. The number of nitrogens with two attached hydrogens (primary N) is 1. The zero-order valence-electron chi connectivity index (χ0n) is 15.2. The number of nitrogens with zero attached hydrogens (tertiary/aromatic N) is 1. The Bertz CT molecular complexity index is 710. The Kier molecular flexibility index (Phi) is 7.91. The monoisotopic (exact) mass is 410 g/mol. The molecule has 1 fully saturated rings. The van der Waals surface area contributed by atoms with Gasteiger partial charge in [0.15, 0.2) is 0 Å². The van der Waals surface area contributed by atoms with Crippen LogP contribution in [0.5, 0.6) is 5.75 Å². The summed E-state index contributed by atoms with van der Waals surface area (Å²) < 4.78 is 37.3. The summed E-state index contributed by atoms with van der Waals surface area (Å²) in [4.78, 5) is 22.4. The molecule has 1 atom stereocenters. The normalized spacial score (nSPS) is 16.8. The van der Waals surface area contributed by atoms with Gasteiger partial charge in [-0.15, -0.1) is 0 Å². The summed E-state index contributed by atoms with van der Waals surface area (Å²) in [5.41, 5.74) is 8.73. The fourth-order valence-electron chi connectivity index (χ4n) is 2.93. The molecule has 1 unspecified atom stereocenters. The summed E-state index contributed by atoms with van der Waals surface area (Å²) in [5.74, 6) is -1.62. The van der Waals surface area contributed by atoms with Gasteiger partial charge in [0.25, 0.3) is 0 Å². The Morgan fingerprint density at radius 1 is 1.48 bits per heavy atom. The minimum absolute atomic E-state index is 0.137. The van der Waals surface area contributed by atoms with Crippen LogP contribution in [0.3, 0.4) is 0 Å². The number of hydrogen-bond acceptors (Lipinski definition) is 4. The second-order valence-corrected chi connectivity index (χ2v) is 6.51. The van der Waals surface area contributed by atoms with E-state index in [0.717, 1.165) is 22.4 Å². The van der Waals surface area contributed by atoms with Crippen LogP contribution < -0.4 is 10.5 Å². The van der Waals surface area contributed by atoms with Gasteiger partial charge in [-0.2, -0.15) is 13.2 Å². The van der Waals surface area contributed by atoms with E-state index >= 15 is 0 Å². The fourth-order valence-corrected chi connectivity index (χ4v) is 3.16. The number of carbonyl (C=O) groups excluding carboxylic acids is 1. The van der Waals surface area contributed by atoms with Crippen LogP contribution in [0.1, 0.15) is 29.0 Å². The Hall–Kier alpha value is -2.00. The molecule has 0 radical (unpaired) electrons. The van der Waals surface area contributed by atoms with Crippen molar-refractivity contribution in [2.75, 3.05) is 27.2 Å². The summed E-state index contributed by atoms with van der Waals surface area (Å²) in [6, 6.07) is 1.92. The first kappa shape index (κ1) is 23.0. The molecule has 152 valence electrons. The van der Waals surface area contributed by atoms with Crippen LogP contribution in [0.4, 0.5) is 13.2 Å². The van der Waals surface area contributed by atoms with Crippen molar-refractivity contribution in [2.45, 2.75) is 31.9 Å². The molecule has 10 heteroatoms. The van der Waals surface area contributed by atoms with Gasteiger partial charge in [-0.3, -0.25) is 4.79 Å². The average molecular weight is 411 g/mol. The van der Waals surface area contributed by atoms with E-state index in [4.69, 9.17) is 32.0 Å². The molecule has 1 aliphatic heterocycles. The number of carboxylic acids is 1. The number of methoxy groups -OCH3 is 1. The lowest BCUT2D eigenvalue weighted by molar-refractivity contribution is -0.192. The third kappa shape index (κ3) is 5.74. The molecule has 0 saturated carbocycles. The van der Waals surface area contributed by atoms with Gasteiger partial charge in [0.05, 0.1) is 7.11 Å². The molecular formula is C17H22ClF3N2O4. The molecule has 1 heterocycles. The molecule has 27 heavy (non-hydrogen) atoms. The Morgan fingerprint density at radius 2 is 2.04 bits per heavy atom. The van der Waals surface area contributed by atoms with Gasteiger partial charge in [0.1, 0.15) is 5.75 Å². The molecule has 0 aliphatic carbocycles. The summed E-state index contributed by atoms with van der Waals surface area (Å²) in [5, 5.41) is 7.84. The Balaban J connectivity index is 0.000000445. The van der Waals surface area contributed by atoms with E-state index in [9.17, 15) is 18.0 Å². The number of carbonyl (C=O) groups is 2. The van der Waals surface area contributed by atoms with Gasteiger partial charge in [-0.1, -0.05) is 11.6 Å². The molecule has 2 rings (SSSR count). The summed E-state index contributed by atoms with van der Waals surface area (Å²) in [6.07, 6.45) is -3.86. The number of aliphatic carboxylic acids is 1. The van der Waals surface area contributed by atoms with Crippen LogP contribution in [-0.4, -0.2) is 55.3 Å². The van der Waals surface area contributed by atoms with Crippen molar-refractivity contribution >= 4 is 23.5 Å². The average Bonchev–Trinajstić information content (AvgIpc) is 2.89.